The fourth-order valence-electron chi connectivity index (χ4n) is 4.05. The lowest BCUT2D eigenvalue weighted by Gasteiger charge is -2.34. The maximum absolute atomic E-state index is 13.3. The van der Waals surface area contributed by atoms with Crippen molar-refractivity contribution in [3.05, 3.63) is 64.1 Å². The molecule has 204 valence electrons. The number of H-pyrrole nitrogens is 1. The van der Waals surface area contributed by atoms with E-state index in [1.807, 2.05) is 0 Å². The third-order valence-corrected chi connectivity index (χ3v) is 5.81. The van der Waals surface area contributed by atoms with Gasteiger partial charge in [0.2, 0.25) is 5.95 Å². The predicted molar refractivity (Wildman–Crippen MR) is 123 cm³/mol. The molecule has 10 nitrogen and oxygen atoms in total. The first-order valence-corrected chi connectivity index (χ1v) is 11.3. The Morgan fingerprint density at radius 1 is 1.11 bits per heavy atom. The molecule has 1 saturated heterocycles. The van der Waals surface area contributed by atoms with Crippen LogP contribution in [0.15, 0.2) is 41.7 Å². The predicted octanol–water partition coefficient (Wildman–Crippen LogP) is 2.86. The maximum Gasteiger partial charge on any atom is 0.433 e. The van der Waals surface area contributed by atoms with Gasteiger partial charge in [-0.05, 0) is 19.1 Å². The van der Waals surface area contributed by atoms with Crippen LogP contribution in [0.5, 0.6) is 0 Å². The highest BCUT2D eigenvalue weighted by Crippen LogP contribution is 2.32. The van der Waals surface area contributed by atoms with Gasteiger partial charge < -0.3 is 19.7 Å². The molecule has 3 aromatic heterocycles. The number of nitrogens with zero attached hydrogens (tertiary/aromatic N) is 6. The molecular weight excluding hydrogens is 522 g/mol. The Morgan fingerprint density at radius 2 is 1.82 bits per heavy atom. The van der Waals surface area contributed by atoms with Crippen LogP contribution in [0.1, 0.15) is 28.5 Å². The van der Waals surface area contributed by atoms with Crippen LogP contribution in [-0.4, -0.2) is 67.8 Å². The van der Waals surface area contributed by atoms with E-state index in [9.17, 15) is 35.9 Å². The number of aromatic nitrogens is 5. The molecule has 0 aliphatic carbocycles. The van der Waals surface area contributed by atoms with Gasteiger partial charge in [-0.25, -0.2) is 15.1 Å². The number of hydrogen-bond acceptors (Lipinski definition) is 7. The number of hydrogen-bond donors (Lipinski definition) is 2. The van der Waals surface area contributed by atoms with Crippen LogP contribution in [0.2, 0.25) is 0 Å². The second-order valence-corrected chi connectivity index (χ2v) is 8.65. The Hall–Kier alpha value is -4.11. The largest absolute Gasteiger partial charge is 0.433 e. The number of anilines is 2. The van der Waals surface area contributed by atoms with Crippen molar-refractivity contribution in [2.24, 2.45) is 0 Å². The standard InChI is InChI=1S/C22H22F6N8O2/c1-13(31-15-10-30-33-18(37)17(15)22(26,27)28)11-34-5-3-14(12-34)19(38)35-6-8-36(9-7-35)20-29-4-2-16(32-20)21(23,24)25/h2-5,10,12-13H,6-9,11H2,1H3,(H2,31,33,37)/t13-/m0/s1. The summed E-state index contributed by atoms with van der Waals surface area (Å²) in [5.74, 6) is -0.365. The maximum atomic E-state index is 13.3. The second kappa shape index (κ2) is 10.3. The first kappa shape index (κ1) is 26.9. The molecule has 0 saturated carbocycles. The van der Waals surface area contributed by atoms with Crippen molar-refractivity contribution < 1.29 is 31.1 Å². The third-order valence-electron chi connectivity index (χ3n) is 5.81. The summed E-state index contributed by atoms with van der Waals surface area (Å²) >= 11 is 0. The molecule has 2 N–H and O–H groups in total. The van der Waals surface area contributed by atoms with Gasteiger partial charge in [0.25, 0.3) is 11.5 Å². The van der Waals surface area contributed by atoms with Gasteiger partial charge in [0.15, 0.2) is 0 Å². The number of aromatic amines is 1. The van der Waals surface area contributed by atoms with Crippen molar-refractivity contribution in [2.75, 3.05) is 36.4 Å². The van der Waals surface area contributed by atoms with Crippen LogP contribution >= 0.6 is 0 Å². The summed E-state index contributed by atoms with van der Waals surface area (Å²) in [6.07, 6.45) is -4.40. The molecule has 1 aliphatic heterocycles. The number of alkyl halides is 6. The zero-order chi connectivity index (χ0) is 27.7. The van der Waals surface area contributed by atoms with Gasteiger partial charge in [-0.3, -0.25) is 9.59 Å². The Kier molecular flexibility index (Phi) is 7.33. The highest BCUT2D eigenvalue weighted by atomic mass is 19.4. The fourth-order valence-corrected chi connectivity index (χ4v) is 4.05. The van der Waals surface area contributed by atoms with Crippen LogP contribution in [0.3, 0.4) is 0 Å². The Morgan fingerprint density at radius 3 is 2.47 bits per heavy atom. The first-order chi connectivity index (χ1) is 17.8. The topological polar surface area (TPSA) is 112 Å². The Balaban J connectivity index is 1.35. The molecule has 1 aliphatic rings. The van der Waals surface area contributed by atoms with Crippen molar-refractivity contribution in [3.63, 3.8) is 0 Å². The number of nitrogens with one attached hydrogen (secondary N) is 2. The van der Waals surface area contributed by atoms with E-state index >= 15 is 0 Å². The minimum absolute atomic E-state index is 0.0659. The molecule has 38 heavy (non-hydrogen) atoms. The molecule has 0 bridgehead atoms. The monoisotopic (exact) mass is 544 g/mol. The van der Waals surface area contributed by atoms with Crippen LogP contribution < -0.4 is 15.8 Å². The normalized spacial score (nSPS) is 15.4. The van der Waals surface area contributed by atoms with E-state index in [4.69, 9.17) is 0 Å². The van der Waals surface area contributed by atoms with Crippen LogP contribution in [0, 0.1) is 0 Å². The van der Waals surface area contributed by atoms with Crippen molar-refractivity contribution in [1.82, 2.24) is 29.6 Å². The van der Waals surface area contributed by atoms with E-state index in [1.165, 1.54) is 0 Å². The highest BCUT2D eigenvalue weighted by molar-refractivity contribution is 5.94. The minimum Gasteiger partial charge on any atom is -0.379 e. The lowest BCUT2D eigenvalue weighted by molar-refractivity contribution is -0.141. The summed E-state index contributed by atoms with van der Waals surface area (Å²) in [5.41, 5.74) is -3.90. The van der Waals surface area contributed by atoms with Gasteiger partial charge in [-0.1, -0.05) is 0 Å². The van der Waals surface area contributed by atoms with Crippen molar-refractivity contribution in [2.45, 2.75) is 31.9 Å². The highest BCUT2D eigenvalue weighted by Gasteiger charge is 2.37. The molecule has 1 amide bonds. The Labute approximate surface area is 211 Å². The van der Waals surface area contributed by atoms with Gasteiger partial charge >= 0.3 is 12.4 Å². The zero-order valence-electron chi connectivity index (χ0n) is 19.8. The average molecular weight is 544 g/mol. The molecule has 0 unspecified atom stereocenters. The van der Waals surface area contributed by atoms with E-state index < -0.39 is 40.9 Å². The van der Waals surface area contributed by atoms with Crippen molar-refractivity contribution in [3.8, 4) is 0 Å². The minimum atomic E-state index is -4.87. The van der Waals surface area contributed by atoms with E-state index in [-0.39, 0.29) is 44.6 Å². The lowest BCUT2D eigenvalue weighted by Crippen LogP contribution is -2.49. The number of halogens is 6. The number of carbonyl (C=O) groups excluding carboxylic acids is 1. The summed E-state index contributed by atoms with van der Waals surface area (Å²) in [5, 5.41) is 7.82. The molecule has 1 atom stereocenters. The molecule has 1 fully saturated rings. The van der Waals surface area contributed by atoms with E-state index in [0.717, 1.165) is 18.5 Å². The van der Waals surface area contributed by atoms with E-state index in [1.54, 1.807) is 44.8 Å². The van der Waals surface area contributed by atoms with Gasteiger partial charge in [0, 0.05) is 57.4 Å². The molecule has 4 rings (SSSR count). The smallest absolute Gasteiger partial charge is 0.379 e. The van der Waals surface area contributed by atoms with Crippen LogP contribution in [-0.2, 0) is 18.9 Å². The molecule has 4 heterocycles. The van der Waals surface area contributed by atoms with Gasteiger partial charge in [-0.2, -0.15) is 31.4 Å². The van der Waals surface area contributed by atoms with Crippen molar-refractivity contribution in [1.29, 1.82) is 0 Å². The van der Waals surface area contributed by atoms with Crippen LogP contribution in [0.4, 0.5) is 38.0 Å². The number of carbonyl (C=O) groups is 1. The summed E-state index contributed by atoms with van der Waals surface area (Å²) in [6.45, 7) is 2.73. The summed E-state index contributed by atoms with van der Waals surface area (Å²) in [7, 11) is 0. The number of piperazine rings is 1. The van der Waals surface area contributed by atoms with E-state index in [0.29, 0.717) is 5.56 Å². The summed E-state index contributed by atoms with van der Waals surface area (Å²) < 4.78 is 80.2. The third kappa shape index (κ3) is 6.06. The molecule has 0 spiro atoms. The zero-order valence-corrected chi connectivity index (χ0v) is 19.8. The molecule has 16 heteroatoms. The number of amides is 1. The van der Waals surface area contributed by atoms with Gasteiger partial charge in [0.05, 0.1) is 17.4 Å². The second-order valence-electron chi connectivity index (χ2n) is 8.65. The average Bonchev–Trinajstić information content (AvgIpc) is 3.30. The van der Waals surface area contributed by atoms with Gasteiger partial charge in [-0.15, -0.1) is 0 Å². The SMILES string of the molecule is C[C@@H](Cn1ccc(C(=O)N2CCN(c3nccc(C(F)(F)F)n3)CC2)c1)Nc1cn[nH]c(=O)c1C(F)(F)F. The molecule has 0 radical (unpaired) electrons. The molecular formula is C22H22F6N8O2. The Bertz CT molecular complexity index is 1340. The molecule has 3 aromatic rings. The summed E-state index contributed by atoms with van der Waals surface area (Å²) in [6, 6.07) is 1.79. The van der Waals surface area contributed by atoms with Gasteiger partial charge in [0.1, 0.15) is 11.3 Å². The summed E-state index contributed by atoms with van der Waals surface area (Å²) in [4.78, 5) is 35.2. The quantitative estimate of drug-likeness (QED) is 0.459. The molecule has 0 aromatic carbocycles. The van der Waals surface area contributed by atoms with Crippen molar-refractivity contribution >= 4 is 17.5 Å². The van der Waals surface area contributed by atoms with E-state index in [2.05, 4.69) is 20.4 Å². The number of rotatable bonds is 6. The lowest BCUT2D eigenvalue weighted by atomic mass is 10.2. The fraction of sp³-hybridized carbons (Fsp3) is 0.409. The van der Waals surface area contributed by atoms with Crippen LogP contribution in [0.25, 0.3) is 0 Å². The first-order valence-electron chi connectivity index (χ1n) is 11.3.